The average Bonchev–Trinajstić information content (AvgIpc) is 2.85. The Labute approximate surface area is 97.6 Å². The summed E-state index contributed by atoms with van der Waals surface area (Å²) in [5.74, 6) is 4.10. The maximum atomic E-state index is 6.20. The smallest absolute Gasteiger partial charge is 0.118 e. The molecule has 2 aromatic rings. The molecular formula is C11H11ClN2S. The molecule has 3 rings (SSSR count). The van der Waals surface area contributed by atoms with Crippen LogP contribution >= 0.6 is 23.4 Å². The van der Waals surface area contributed by atoms with E-state index in [1.807, 2.05) is 36.2 Å². The molecular weight excluding hydrogens is 228 g/mol. The summed E-state index contributed by atoms with van der Waals surface area (Å²) < 4.78 is 2.07. The molecule has 1 aliphatic heterocycles. The van der Waals surface area contributed by atoms with E-state index in [0.29, 0.717) is 5.92 Å². The van der Waals surface area contributed by atoms with Crippen molar-refractivity contribution in [2.45, 2.75) is 12.3 Å². The fourth-order valence-corrected chi connectivity index (χ4v) is 3.53. The van der Waals surface area contributed by atoms with Crippen LogP contribution in [-0.4, -0.2) is 20.9 Å². The molecule has 0 aromatic carbocycles. The molecule has 4 heteroatoms. The highest BCUT2D eigenvalue weighted by atomic mass is 35.5. The maximum absolute atomic E-state index is 6.20. The molecule has 2 nitrogen and oxygen atoms in total. The second kappa shape index (κ2) is 3.72. The van der Waals surface area contributed by atoms with Crippen LogP contribution in [0.15, 0.2) is 24.4 Å². The molecule has 1 saturated heterocycles. The van der Waals surface area contributed by atoms with Crippen molar-refractivity contribution in [3.05, 3.63) is 35.4 Å². The van der Waals surface area contributed by atoms with Gasteiger partial charge in [-0.1, -0.05) is 17.7 Å². The quantitative estimate of drug-likeness (QED) is 0.710. The highest BCUT2D eigenvalue weighted by Crippen LogP contribution is 2.32. The van der Waals surface area contributed by atoms with Crippen LogP contribution in [0.25, 0.3) is 5.52 Å². The van der Waals surface area contributed by atoms with Crippen LogP contribution in [0.3, 0.4) is 0 Å². The normalized spacial score (nSPS) is 21.3. The molecule has 2 aromatic heterocycles. The summed E-state index contributed by atoms with van der Waals surface area (Å²) in [5, 5.41) is 0.761. The molecule has 0 saturated carbocycles. The van der Waals surface area contributed by atoms with Gasteiger partial charge in [0.15, 0.2) is 0 Å². The molecule has 3 heterocycles. The molecule has 15 heavy (non-hydrogen) atoms. The first-order valence-corrected chi connectivity index (χ1v) is 6.59. The number of imidazole rings is 1. The van der Waals surface area contributed by atoms with Crippen LogP contribution in [-0.2, 0) is 0 Å². The van der Waals surface area contributed by atoms with Crippen molar-refractivity contribution in [1.29, 1.82) is 0 Å². The fraction of sp³-hybridized carbons (Fsp3) is 0.364. The van der Waals surface area contributed by atoms with Gasteiger partial charge in [-0.2, -0.15) is 11.8 Å². The van der Waals surface area contributed by atoms with Gasteiger partial charge in [0.2, 0.25) is 0 Å². The molecule has 1 unspecified atom stereocenters. The third-order valence-corrected chi connectivity index (χ3v) is 4.28. The molecule has 78 valence electrons. The maximum Gasteiger partial charge on any atom is 0.118 e. The lowest BCUT2D eigenvalue weighted by molar-refractivity contribution is 0.714. The van der Waals surface area contributed by atoms with Crippen LogP contribution in [0.5, 0.6) is 0 Å². The van der Waals surface area contributed by atoms with E-state index < -0.39 is 0 Å². The van der Waals surface area contributed by atoms with E-state index in [0.717, 1.165) is 16.5 Å². The predicted molar refractivity (Wildman–Crippen MR) is 64.9 cm³/mol. The summed E-state index contributed by atoms with van der Waals surface area (Å²) in [7, 11) is 0. The van der Waals surface area contributed by atoms with Gasteiger partial charge in [0, 0.05) is 11.7 Å². The minimum Gasteiger partial charge on any atom is -0.287 e. The van der Waals surface area contributed by atoms with Crippen molar-refractivity contribution >= 4 is 28.9 Å². The Morgan fingerprint density at radius 3 is 3.20 bits per heavy atom. The van der Waals surface area contributed by atoms with Gasteiger partial charge in [0.05, 0.1) is 11.7 Å². The van der Waals surface area contributed by atoms with Gasteiger partial charge in [-0.05, 0) is 24.3 Å². The van der Waals surface area contributed by atoms with Crippen LogP contribution in [0, 0.1) is 0 Å². The summed E-state index contributed by atoms with van der Waals surface area (Å²) in [4.78, 5) is 4.50. The fourth-order valence-electron chi connectivity index (χ4n) is 2.06. The minimum absolute atomic E-state index is 0.567. The number of hydrogen-bond donors (Lipinski definition) is 0. The monoisotopic (exact) mass is 238 g/mol. The lowest BCUT2D eigenvalue weighted by Gasteiger charge is -2.08. The molecule has 1 atom stereocenters. The first-order valence-electron chi connectivity index (χ1n) is 5.06. The van der Waals surface area contributed by atoms with E-state index >= 15 is 0 Å². The van der Waals surface area contributed by atoms with Gasteiger partial charge >= 0.3 is 0 Å². The van der Waals surface area contributed by atoms with E-state index in [1.165, 1.54) is 17.9 Å². The predicted octanol–water partition coefficient (Wildman–Crippen LogP) is 3.21. The van der Waals surface area contributed by atoms with Gasteiger partial charge in [-0.3, -0.25) is 4.40 Å². The summed E-state index contributed by atoms with van der Waals surface area (Å²) in [6, 6.07) is 5.93. The van der Waals surface area contributed by atoms with Crippen molar-refractivity contribution in [1.82, 2.24) is 9.38 Å². The molecule has 0 radical (unpaired) electrons. The summed E-state index contributed by atoms with van der Waals surface area (Å²) in [5.41, 5.74) is 1.09. The highest BCUT2D eigenvalue weighted by Gasteiger charge is 2.22. The van der Waals surface area contributed by atoms with E-state index in [1.54, 1.807) is 0 Å². The molecule has 0 N–H and O–H groups in total. The largest absolute Gasteiger partial charge is 0.287 e. The first-order chi connectivity index (χ1) is 7.36. The number of fused-ring (bicyclic) bond motifs is 1. The third-order valence-electron chi connectivity index (χ3n) is 2.83. The third kappa shape index (κ3) is 1.54. The standard InChI is InChI=1S/C11H11ClN2S/c12-10-3-1-2-9-6-13-11(14(9)10)8-4-5-15-7-8/h1-3,6,8H,4-5,7H2. The van der Waals surface area contributed by atoms with E-state index in [-0.39, 0.29) is 0 Å². The van der Waals surface area contributed by atoms with E-state index in [9.17, 15) is 0 Å². The Balaban J connectivity index is 2.18. The average molecular weight is 239 g/mol. The molecule has 1 fully saturated rings. The Morgan fingerprint density at radius 2 is 2.40 bits per heavy atom. The van der Waals surface area contributed by atoms with Gasteiger partial charge in [-0.15, -0.1) is 0 Å². The SMILES string of the molecule is Clc1cccc2cnc(C3CCSC3)n12. The second-order valence-electron chi connectivity index (χ2n) is 3.79. The van der Waals surface area contributed by atoms with Gasteiger partial charge in [-0.25, -0.2) is 4.98 Å². The molecule has 0 bridgehead atoms. The lowest BCUT2D eigenvalue weighted by Crippen LogP contribution is -2.03. The Kier molecular flexibility index (Phi) is 2.37. The van der Waals surface area contributed by atoms with Gasteiger partial charge in [0.25, 0.3) is 0 Å². The van der Waals surface area contributed by atoms with Gasteiger partial charge in [0.1, 0.15) is 11.0 Å². The lowest BCUT2D eigenvalue weighted by atomic mass is 10.1. The van der Waals surface area contributed by atoms with Crippen molar-refractivity contribution in [3.8, 4) is 0 Å². The number of rotatable bonds is 1. The highest BCUT2D eigenvalue weighted by molar-refractivity contribution is 7.99. The molecule has 0 amide bonds. The summed E-state index contributed by atoms with van der Waals surface area (Å²) >= 11 is 8.20. The minimum atomic E-state index is 0.567. The van der Waals surface area contributed by atoms with Crippen molar-refractivity contribution in [2.24, 2.45) is 0 Å². The van der Waals surface area contributed by atoms with E-state index in [2.05, 4.69) is 9.38 Å². The zero-order chi connectivity index (χ0) is 10.3. The van der Waals surface area contributed by atoms with Crippen LogP contribution in [0.2, 0.25) is 5.15 Å². The number of aromatic nitrogens is 2. The Hall–Kier alpha value is -0.670. The number of nitrogens with zero attached hydrogens (tertiary/aromatic N) is 2. The zero-order valence-electron chi connectivity index (χ0n) is 8.19. The topological polar surface area (TPSA) is 17.3 Å². The van der Waals surface area contributed by atoms with Crippen molar-refractivity contribution < 1.29 is 0 Å². The number of hydrogen-bond acceptors (Lipinski definition) is 2. The van der Waals surface area contributed by atoms with Crippen molar-refractivity contribution in [3.63, 3.8) is 0 Å². The Morgan fingerprint density at radius 1 is 1.47 bits per heavy atom. The van der Waals surface area contributed by atoms with Crippen LogP contribution < -0.4 is 0 Å². The number of pyridine rings is 1. The van der Waals surface area contributed by atoms with Crippen LogP contribution in [0.4, 0.5) is 0 Å². The van der Waals surface area contributed by atoms with Gasteiger partial charge < -0.3 is 0 Å². The molecule has 1 aliphatic rings. The summed E-state index contributed by atoms with van der Waals surface area (Å²) in [6.45, 7) is 0. The number of halogens is 1. The number of thioether (sulfide) groups is 1. The van der Waals surface area contributed by atoms with E-state index in [4.69, 9.17) is 11.6 Å². The summed E-state index contributed by atoms with van der Waals surface area (Å²) in [6.07, 6.45) is 3.12. The van der Waals surface area contributed by atoms with Crippen molar-refractivity contribution in [2.75, 3.05) is 11.5 Å². The molecule has 0 aliphatic carbocycles. The second-order valence-corrected chi connectivity index (χ2v) is 5.32. The Bertz CT molecular complexity index is 488. The first kappa shape index (κ1) is 9.55. The zero-order valence-corrected chi connectivity index (χ0v) is 9.76. The van der Waals surface area contributed by atoms with Crippen LogP contribution in [0.1, 0.15) is 18.2 Å². The molecule has 0 spiro atoms.